The van der Waals surface area contributed by atoms with Crippen LogP contribution in [-0.2, 0) is 9.59 Å². The fourth-order valence-electron chi connectivity index (χ4n) is 2.90. The lowest BCUT2D eigenvalue weighted by atomic mass is 9.81. The molecule has 0 heterocycles. The number of nitrogens with zero attached hydrogens (tertiary/aromatic N) is 3. The summed E-state index contributed by atoms with van der Waals surface area (Å²) in [6, 6.07) is 2.43. The molecule has 6 nitrogen and oxygen atoms in total. The molecule has 1 aliphatic carbocycles. The summed E-state index contributed by atoms with van der Waals surface area (Å²) in [7, 11) is 3.45. The molecule has 0 bridgehead atoms. The molecule has 124 valence electrons. The fraction of sp³-hybridized carbons (Fsp3) is 0.812. The zero-order chi connectivity index (χ0) is 16.8. The molecule has 22 heavy (non-hydrogen) atoms. The third-order valence-corrected chi connectivity index (χ3v) is 4.17. The highest BCUT2D eigenvalue weighted by molar-refractivity contribution is 5.81. The van der Waals surface area contributed by atoms with Crippen molar-refractivity contribution in [3.8, 4) is 6.07 Å². The van der Waals surface area contributed by atoms with Gasteiger partial charge in [0.25, 0.3) is 0 Å². The Morgan fingerprint density at radius 3 is 2.27 bits per heavy atom. The van der Waals surface area contributed by atoms with Crippen LogP contribution in [0.3, 0.4) is 0 Å². The van der Waals surface area contributed by atoms with E-state index in [2.05, 4.69) is 11.4 Å². The minimum atomic E-state index is -0.670. The number of hydrogen-bond acceptors (Lipinski definition) is 4. The van der Waals surface area contributed by atoms with E-state index < -0.39 is 5.54 Å². The monoisotopic (exact) mass is 308 g/mol. The predicted octanol–water partition coefficient (Wildman–Crippen LogP) is 1.13. The van der Waals surface area contributed by atoms with Crippen LogP contribution >= 0.6 is 0 Å². The maximum Gasteiger partial charge on any atom is 0.237 e. The molecule has 1 rings (SSSR count). The second-order valence-electron chi connectivity index (χ2n) is 6.55. The van der Waals surface area contributed by atoms with E-state index >= 15 is 0 Å². The van der Waals surface area contributed by atoms with Gasteiger partial charge in [-0.2, -0.15) is 5.26 Å². The Hall–Kier alpha value is -1.61. The fourth-order valence-corrected chi connectivity index (χ4v) is 2.90. The van der Waals surface area contributed by atoms with E-state index in [0.717, 1.165) is 32.1 Å². The summed E-state index contributed by atoms with van der Waals surface area (Å²) in [4.78, 5) is 27.4. The van der Waals surface area contributed by atoms with E-state index in [1.165, 1.54) is 0 Å². The van der Waals surface area contributed by atoms with Crippen molar-refractivity contribution in [1.82, 2.24) is 15.1 Å². The number of amides is 2. The van der Waals surface area contributed by atoms with Crippen LogP contribution in [0.5, 0.6) is 0 Å². The molecule has 0 saturated heterocycles. The molecule has 0 spiro atoms. The average molecular weight is 308 g/mol. The van der Waals surface area contributed by atoms with Gasteiger partial charge in [-0.1, -0.05) is 19.3 Å². The summed E-state index contributed by atoms with van der Waals surface area (Å²) in [6.07, 6.45) is 4.57. The van der Waals surface area contributed by atoms with Crippen molar-refractivity contribution < 1.29 is 9.59 Å². The quantitative estimate of drug-likeness (QED) is 0.798. The van der Waals surface area contributed by atoms with Crippen molar-refractivity contribution in [2.75, 3.05) is 27.2 Å². The Morgan fingerprint density at radius 2 is 1.77 bits per heavy atom. The number of carbonyl (C=O) groups excluding carboxylic acids is 2. The molecule has 0 aromatic rings. The summed E-state index contributed by atoms with van der Waals surface area (Å²) in [6.45, 7) is 4.12. The summed E-state index contributed by atoms with van der Waals surface area (Å²) in [5, 5.41) is 12.3. The Balaban J connectivity index is 2.56. The third-order valence-electron chi connectivity index (χ3n) is 4.17. The maximum atomic E-state index is 12.4. The second kappa shape index (κ2) is 8.14. The van der Waals surface area contributed by atoms with Gasteiger partial charge in [-0.15, -0.1) is 0 Å². The molecule has 0 atom stereocenters. The van der Waals surface area contributed by atoms with Gasteiger partial charge in [0.2, 0.25) is 11.8 Å². The Morgan fingerprint density at radius 1 is 1.18 bits per heavy atom. The largest absolute Gasteiger partial charge is 0.353 e. The second-order valence-corrected chi connectivity index (χ2v) is 6.55. The van der Waals surface area contributed by atoms with Crippen molar-refractivity contribution in [3.05, 3.63) is 0 Å². The lowest BCUT2D eigenvalue weighted by Crippen LogP contribution is -2.53. The van der Waals surface area contributed by atoms with E-state index in [1.54, 1.807) is 23.9 Å². The van der Waals surface area contributed by atoms with Crippen molar-refractivity contribution in [2.24, 2.45) is 0 Å². The first kappa shape index (κ1) is 18.4. The molecule has 0 aliphatic heterocycles. The highest BCUT2D eigenvalue weighted by atomic mass is 16.2. The van der Waals surface area contributed by atoms with Crippen LogP contribution in [-0.4, -0.2) is 60.4 Å². The van der Waals surface area contributed by atoms with Gasteiger partial charge < -0.3 is 10.2 Å². The van der Waals surface area contributed by atoms with Crippen molar-refractivity contribution in [1.29, 1.82) is 5.26 Å². The number of hydrogen-bond donors (Lipinski definition) is 1. The zero-order valence-corrected chi connectivity index (χ0v) is 14.2. The van der Waals surface area contributed by atoms with Crippen LogP contribution in [0.25, 0.3) is 0 Å². The van der Waals surface area contributed by atoms with Crippen LogP contribution in [0, 0.1) is 11.3 Å². The van der Waals surface area contributed by atoms with Crippen LogP contribution < -0.4 is 5.32 Å². The van der Waals surface area contributed by atoms with Crippen LogP contribution in [0.4, 0.5) is 0 Å². The summed E-state index contributed by atoms with van der Waals surface area (Å²) in [5.74, 6) is -0.205. The van der Waals surface area contributed by atoms with Crippen LogP contribution in [0.2, 0.25) is 0 Å². The lowest BCUT2D eigenvalue weighted by Gasteiger charge is -2.39. The van der Waals surface area contributed by atoms with Gasteiger partial charge in [0.1, 0.15) is 5.54 Å². The first-order valence-corrected chi connectivity index (χ1v) is 7.96. The van der Waals surface area contributed by atoms with Gasteiger partial charge in [-0.3, -0.25) is 14.5 Å². The number of nitriles is 1. The van der Waals surface area contributed by atoms with Gasteiger partial charge in [0.15, 0.2) is 0 Å². The summed E-state index contributed by atoms with van der Waals surface area (Å²) >= 11 is 0. The third kappa shape index (κ3) is 4.99. The molecule has 0 aromatic heterocycles. The minimum absolute atomic E-state index is 0.0865. The van der Waals surface area contributed by atoms with Gasteiger partial charge in [-0.25, -0.2) is 0 Å². The summed E-state index contributed by atoms with van der Waals surface area (Å²) < 4.78 is 0. The van der Waals surface area contributed by atoms with Crippen LogP contribution in [0.15, 0.2) is 0 Å². The molecule has 1 fully saturated rings. The number of nitrogens with one attached hydrogen (secondary N) is 1. The highest BCUT2D eigenvalue weighted by Crippen LogP contribution is 2.32. The SMILES string of the molecule is CC(C)NC(=O)CN(C)CC(=O)N(C)C1(C#N)CCCCC1. The Bertz CT molecular complexity index is 436. The minimum Gasteiger partial charge on any atom is -0.353 e. The van der Waals surface area contributed by atoms with E-state index in [1.807, 2.05) is 13.8 Å². The molecular formula is C16H28N4O2. The number of rotatable bonds is 6. The predicted molar refractivity (Wildman–Crippen MR) is 85.0 cm³/mol. The first-order valence-electron chi connectivity index (χ1n) is 7.96. The molecule has 1 aliphatic rings. The van der Waals surface area contributed by atoms with Gasteiger partial charge in [0.05, 0.1) is 19.2 Å². The van der Waals surface area contributed by atoms with Crippen molar-refractivity contribution in [3.63, 3.8) is 0 Å². The van der Waals surface area contributed by atoms with E-state index in [9.17, 15) is 14.9 Å². The van der Waals surface area contributed by atoms with Gasteiger partial charge in [-0.05, 0) is 33.7 Å². The Kier molecular flexibility index (Phi) is 6.82. The van der Waals surface area contributed by atoms with E-state index in [4.69, 9.17) is 0 Å². The molecule has 0 aromatic carbocycles. The smallest absolute Gasteiger partial charge is 0.237 e. The molecule has 0 radical (unpaired) electrons. The number of carbonyl (C=O) groups is 2. The highest BCUT2D eigenvalue weighted by Gasteiger charge is 2.38. The first-order chi connectivity index (χ1) is 10.3. The zero-order valence-electron chi connectivity index (χ0n) is 14.2. The van der Waals surface area contributed by atoms with Crippen molar-refractivity contribution in [2.45, 2.75) is 57.5 Å². The number of likely N-dealkylation sites (N-methyl/N-ethyl adjacent to an activating group) is 2. The molecular weight excluding hydrogens is 280 g/mol. The van der Waals surface area contributed by atoms with Crippen LogP contribution in [0.1, 0.15) is 46.0 Å². The molecule has 1 saturated carbocycles. The Labute approximate surface area is 133 Å². The average Bonchev–Trinajstić information content (AvgIpc) is 2.45. The normalized spacial score (nSPS) is 17.1. The molecule has 1 N–H and O–H groups in total. The van der Waals surface area contributed by atoms with E-state index in [-0.39, 0.29) is 30.9 Å². The molecule has 2 amide bonds. The van der Waals surface area contributed by atoms with E-state index in [0.29, 0.717) is 0 Å². The molecule has 0 unspecified atom stereocenters. The lowest BCUT2D eigenvalue weighted by molar-refractivity contribution is -0.136. The maximum absolute atomic E-state index is 12.4. The van der Waals surface area contributed by atoms with Gasteiger partial charge >= 0.3 is 0 Å². The topological polar surface area (TPSA) is 76.4 Å². The molecule has 6 heteroatoms. The summed E-state index contributed by atoms with van der Waals surface area (Å²) in [5.41, 5.74) is -0.670. The standard InChI is InChI=1S/C16H28N4O2/c1-13(2)18-14(21)10-19(3)11-15(22)20(4)16(12-17)8-6-5-7-9-16/h13H,5-11H2,1-4H3,(H,18,21). The van der Waals surface area contributed by atoms with Gasteiger partial charge in [0, 0.05) is 13.1 Å². The van der Waals surface area contributed by atoms with Crippen molar-refractivity contribution >= 4 is 11.8 Å².